The molecule has 13 heteroatoms. The van der Waals surface area contributed by atoms with Gasteiger partial charge in [-0.15, -0.1) is 11.3 Å². The number of thiazole rings is 1. The third-order valence-electron chi connectivity index (χ3n) is 7.56. The molecule has 5 N–H and O–H groups in total. The summed E-state index contributed by atoms with van der Waals surface area (Å²) in [5, 5.41) is 38.5. The molecule has 1 fully saturated rings. The van der Waals surface area contributed by atoms with E-state index >= 15 is 0 Å². The van der Waals surface area contributed by atoms with Gasteiger partial charge >= 0.3 is 0 Å². The maximum atomic E-state index is 14.3. The first kappa shape index (κ1) is 29.7. The molecule has 3 heterocycles. The van der Waals surface area contributed by atoms with Crippen molar-refractivity contribution in [3.63, 3.8) is 0 Å². The van der Waals surface area contributed by atoms with Gasteiger partial charge in [0.25, 0.3) is 0 Å². The number of aliphatic hydroxyl groups excluding tert-OH is 3. The van der Waals surface area contributed by atoms with E-state index in [9.17, 15) is 28.5 Å². The maximum Gasteiger partial charge on any atom is 0.225 e. The summed E-state index contributed by atoms with van der Waals surface area (Å²) < 4.78 is 42.3. The quantitative estimate of drug-likeness (QED) is 0.133. The summed E-state index contributed by atoms with van der Waals surface area (Å²) in [6, 6.07) is 2.52. The predicted octanol–water partition coefficient (Wildman–Crippen LogP) is 5.41. The molecular weight excluding hydrogens is 569 g/mol. The van der Waals surface area contributed by atoms with Gasteiger partial charge in [0, 0.05) is 35.9 Å². The topological polar surface area (TPSA) is 136 Å². The van der Waals surface area contributed by atoms with Gasteiger partial charge < -0.3 is 26.0 Å². The molecule has 0 spiro atoms. The van der Waals surface area contributed by atoms with Crippen LogP contribution in [0.25, 0.3) is 20.8 Å². The van der Waals surface area contributed by atoms with Crippen LogP contribution in [0.5, 0.6) is 0 Å². The fourth-order valence-corrected chi connectivity index (χ4v) is 6.37. The zero-order chi connectivity index (χ0) is 30.3. The van der Waals surface area contributed by atoms with Crippen LogP contribution < -0.4 is 10.6 Å². The minimum Gasteiger partial charge on any atom is -0.515 e. The third kappa shape index (κ3) is 5.63. The van der Waals surface area contributed by atoms with Gasteiger partial charge in [0.15, 0.2) is 11.6 Å². The van der Waals surface area contributed by atoms with Crippen LogP contribution in [0, 0.1) is 43.1 Å². The summed E-state index contributed by atoms with van der Waals surface area (Å²) in [4.78, 5) is 18.3. The Morgan fingerprint density at radius 1 is 1.07 bits per heavy atom. The Morgan fingerprint density at radius 2 is 1.81 bits per heavy atom. The summed E-state index contributed by atoms with van der Waals surface area (Å²) in [5.41, 5.74) is 2.75. The number of rotatable bonds is 8. The highest BCUT2D eigenvalue weighted by atomic mass is 32.1. The second kappa shape index (κ2) is 11.8. The van der Waals surface area contributed by atoms with E-state index in [0.29, 0.717) is 40.1 Å². The first-order valence-electron chi connectivity index (χ1n) is 13.4. The molecule has 1 aromatic carbocycles. The van der Waals surface area contributed by atoms with Gasteiger partial charge in [0.1, 0.15) is 22.2 Å². The monoisotopic (exact) mass is 600 g/mol. The fraction of sp³-hybridized carbons (Fsp3) is 0.379. The summed E-state index contributed by atoms with van der Waals surface area (Å²) in [6.07, 6.45) is 0.963. The van der Waals surface area contributed by atoms with E-state index in [4.69, 9.17) is 4.98 Å². The number of nitrogens with one attached hydrogen (secondary N) is 2. The summed E-state index contributed by atoms with van der Waals surface area (Å²) >= 11 is 1.42. The van der Waals surface area contributed by atoms with Gasteiger partial charge in [-0.1, -0.05) is 13.8 Å². The van der Waals surface area contributed by atoms with Crippen molar-refractivity contribution in [2.24, 2.45) is 11.8 Å². The molecule has 1 aliphatic rings. The predicted molar refractivity (Wildman–Crippen MR) is 155 cm³/mol. The lowest BCUT2D eigenvalue weighted by Crippen LogP contribution is -2.31. The number of benzene rings is 1. The molecule has 42 heavy (non-hydrogen) atoms. The van der Waals surface area contributed by atoms with Crippen LogP contribution in [0.2, 0.25) is 0 Å². The average Bonchev–Trinajstić information content (AvgIpc) is 3.50. The highest BCUT2D eigenvalue weighted by Crippen LogP contribution is 2.41. The van der Waals surface area contributed by atoms with E-state index < -0.39 is 41.6 Å². The number of pyridine rings is 1. The molecule has 1 saturated carbocycles. The van der Waals surface area contributed by atoms with Crippen LogP contribution in [0.15, 0.2) is 36.2 Å². The van der Waals surface area contributed by atoms with Gasteiger partial charge in [-0.25, -0.2) is 23.1 Å². The number of halogens is 3. The van der Waals surface area contributed by atoms with Crippen molar-refractivity contribution in [1.82, 2.24) is 19.9 Å². The minimum absolute atomic E-state index is 0.0775. The maximum absolute atomic E-state index is 14.3. The summed E-state index contributed by atoms with van der Waals surface area (Å²) in [5.74, 6) is -3.63. The van der Waals surface area contributed by atoms with Crippen LogP contribution >= 0.6 is 11.3 Å². The van der Waals surface area contributed by atoms with Crippen molar-refractivity contribution in [2.75, 3.05) is 10.6 Å². The van der Waals surface area contributed by atoms with Gasteiger partial charge in [-0.2, -0.15) is 4.98 Å². The normalized spacial score (nSPS) is 20.5. The minimum atomic E-state index is -1.28. The number of anilines is 2. The molecule has 5 rings (SSSR count). The molecule has 9 nitrogen and oxygen atoms in total. The van der Waals surface area contributed by atoms with Crippen molar-refractivity contribution in [3.8, 4) is 10.6 Å². The fourth-order valence-electron chi connectivity index (χ4n) is 5.26. The largest absolute Gasteiger partial charge is 0.515 e. The number of aliphatic hydroxyl groups is 3. The van der Waals surface area contributed by atoms with Crippen LogP contribution in [-0.4, -0.2) is 53.5 Å². The first-order valence-corrected chi connectivity index (χ1v) is 14.2. The molecular formula is C29H31F3N6O3S. The van der Waals surface area contributed by atoms with Crippen molar-refractivity contribution < 1.29 is 28.5 Å². The van der Waals surface area contributed by atoms with Crippen molar-refractivity contribution in [2.45, 2.75) is 58.9 Å². The molecule has 0 amide bonds. The van der Waals surface area contributed by atoms with E-state index in [1.54, 1.807) is 13.1 Å². The molecule has 0 bridgehead atoms. The second-order valence-corrected chi connectivity index (χ2v) is 11.8. The second-order valence-electron chi connectivity index (χ2n) is 10.7. The van der Waals surface area contributed by atoms with Crippen LogP contribution in [-0.2, 0) is 6.54 Å². The van der Waals surface area contributed by atoms with E-state index in [-0.39, 0.29) is 24.0 Å². The van der Waals surface area contributed by atoms with Gasteiger partial charge in [0.2, 0.25) is 5.95 Å². The Kier molecular flexibility index (Phi) is 8.35. The van der Waals surface area contributed by atoms with Crippen molar-refractivity contribution >= 4 is 33.3 Å². The summed E-state index contributed by atoms with van der Waals surface area (Å²) in [6.45, 7) is 7.09. The molecule has 0 radical (unpaired) electrons. The Labute approximate surface area is 244 Å². The highest BCUT2D eigenvalue weighted by Gasteiger charge is 2.43. The molecule has 1 aliphatic carbocycles. The molecule has 0 saturated heterocycles. The molecule has 222 valence electrons. The number of hydrogen-bond acceptors (Lipinski definition) is 10. The lowest BCUT2D eigenvalue weighted by Gasteiger charge is -2.24. The third-order valence-corrected chi connectivity index (χ3v) is 8.60. The van der Waals surface area contributed by atoms with E-state index in [1.807, 2.05) is 26.8 Å². The SMILES string of the molecule is Cc1nc(NCc2cc(F)c(F)cc2F)nc(N[C@@H]2C[C@H]([C@H](O)C(C)C)[C@@H](O)/C2=C/O)c1-c1nc2c(C)nccc2s1. The van der Waals surface area contributed by atoms with Crippen LogP contribution in [0.1, 0.15) is 37.2 Å². The first-order chi connectivity index (χ1) is 20.0. The van der Waals surface area contributed by atoms with Gasteiger partial charge in [0.05, 0.1) is 46.2 Å². The lowest BCUT2D eigenvalue weighted by atomic mass is 9.90. The number of fused-ring (bicyclic) bond motifs is 1. The van der Waals surface area contributed by atoms with Gasteiger partial charge in [-0.05, 0) is 38.3 Å². The molecule has 4 atom stereocenters. The Bertz CT molecular complexity index is 1660. The molecule has 0 unspecified atom stereocenters. The smallest absolute Gasteiger partial charge is 0.225 e. The standard InChI is InChI=1S/C29H31F3N6O3S/c1-12(2)25(40)16-8-21(17(11-39)26(16)41)36-27-23(28-37-24-14(4)33-6-5-22(24)42-28)13(3)35-29(38-27)34-10-15-7-19(31)20(32)9-18(15)30/h5-7,9,11-12,16,21,25-26,39-41H,8,10H2,1-4H3,(H2,34,35,36,38)/b17-11+/t16-,21-,25-,26-/m1/s1. The van der Waals surface area contributed by atoms with Crippen LogP contribution in [0.3, 0.4) is 0 Å². The van der Waals surface area contributed by atoms with Crippen LogP contribution in [0.4, 0.5) is 24.9 Å². The number of aryl methyl sites for hydroxylation is 2. The lowest BCUT2D eigenvalue weighted by molar-refractivity contribution is 0.0146. The van der Waals surface area contributed by atoms with Gasteiger partial charge in [-0.3, -0.25) is 4.98 Å². The zero-order valence-corrected chi connectivity index (χ0v) is 24.2. The Hall–Kier alpha value is -3.81. The van der Waals surface area contributed by atoms with Crippen molar-refractivity contribution in [1.29, 1.82) is 0 Å². The molecule has 4 aromatic rings. The average molecular weight is 601 g/mol. The van der Waals surface area contributed by atoms with E-state index in [2.05, 4.69) is 25.6 Å². The Morgan fingerprint density at radius 3 is 2.50 bits per heavy atom. The number of nitrogens with zero attached hydrogens (tertiary/aromatic N) is 4. The van der Waals surface area contributed by atoms with E-state index in [1.165, 1.54) is 11.3 Å². The molecule has 0 aliphatic heterocycles. The Balaban J connectivity index is 1.55. The molecule has 3 aromatic heterocycles. The zero-order valence-electron chi connectivity index (χ0n) is 23.4. The van der Waals surface area contributed by atoms with E-state index in [0.717, 1.165) is 28.2 Å². The number of aromatic nitrogens is 4. The highest BCUT2D eigenvalue weighted by molar-refractivity contribution is 7.21. The van der Waals surface area contributed by atoms with Crippen molar-refractivity contribution in [3.05, 3.63) is 70.6 Å². The summed E-state index contributed by atoms with van der Waals surface area (Å²) in [7, 11) is 0. The number of hydrogen-bond donors (Lipinski definition) is 5.